The molecule has 0 amide bonds. The Labute approximate surface area is 106 Å². The van der Waals surface area contributed by atoms with Gasteiger partial charge < -0.3 is 4.43 Å². The van der Waals surface area contributed by atoms with Crippen LogP contribution < -0.4 is 0 Å². The van der Waals surface area contributed by atoms with Crippen molar-refractivity contribution in [2.24, 2.45) is 0 Å². The molecular formula is C13H24N2OSi. The minimum atomic E-state index is -1.79. The summed E-state index contributed by atoms with van der Waals surface area (Å²) in [5.74, 6) is 0. The summed E-state index contributed by atoms with van der Waals surface area (Å²) >= 11 is 0. The monoisotopic (exact) mass is 252 g/mol. The third-order valence-corrected chi connectivity index (χ3v) is 8.14. The minimum absolute atomic E-state index is 0.201. The van der Waals surface area contributed by atoms with Crippen LogP contribution in [0.25, 0.3) is 0 Å². The van der Waals surface area contributed by atoms with Crippen LogP contribution in [0.1, 0.15) is 40.3 Å². The highest BCUT2D eigenvalue weighted by Gasteiger charge is 2.42. The highest BCUT2D eigenvalue weighted by Crippen LogP contribution is 2.41. The summed E-state index contributed by atoms with van der Waals surface area (Å²) in [5.41, 5.74) is 0.516. The van der Waals surface area contributed by atoms with Crippen LogP contribution in [0, 0.1) is 0 Å². The van der Waals surface area contributed by atoms with Crippen molar-refractivity contribution >= 4 is 8.32 Å². The van der Waals surface area contributed by atoms with Gasteiger partial charge in [0.05, 0.1) is 11.3 Å². The molecule has 0 aliphatic rings. The van der Waals surface area contributed by atoms with Crippen LogP contribution in [0.3, 0.4) is 0 Å². The molecule has 0 N–H and O–H groups in total. The van der Waals surface area contributed by atoms with Gasteiger partial charge in [0.1, 0.15) is 0 Å². The summed E-state index contributed by atoms with van der Waals surface area (Å²) in [7, 11) is -1.79. The largest absolute Gasteiger partial charge is 0.406 e. The maximum Gasteiger partial charge on any atom is 0.193 e. The van der Waals surface area contributed by atoms with Gasteiger partial charge in [0.25, 0.3) is 0 Å². The number of hydrogen-bond acceptors (Lipinski definition) is 3. The first-order chi connectivity index (χ1) is 7.56. The molecule has 1 rings (SSSR count). The van der Waals surface area contributed by atoms with Gasteiger partial charge in [-0.15, -0.1) is 0 Å². The van der Waals surface area contributed by atoms with Crippen LogP contribution >= 0.6 is 0 Å². The average molecular weight is 252 g/mol. The van der Waals surface area contributed by atoms with Crippen molar-refractivity contribution in [3.63, 3.8) is 0 Å². The minimum Gasteiger partial charge on any atom is -0.406 e. The van der Waals surface area contributed by atoms with E-state index in [1.807, 2.05) is 12.1 Å². The van der Waals surface area contributed by atoms with Crippen molar-refractivity contribution in [3.8, 4) is 0 Å². The predicted octanol–water partition coefficient (Wildman–Crippen LogP) is 3.73. The average Bonchev–Trinajstić information content (AvgIpc) is 2.15. The van der Waals surface area contributed by atoms with Crippen molar-refractivity contribution in [1.29, 1.82) is 0 Å². The van der Waals surface area contributed by atoms with Gasteiger partial charge in [-0.1, -0.05) is 20.8 Å². The highest BCUT2D eigenvalue weighted by atomic mass is 28.4. The smallest absolute Gasteiger partial charge is 0.193 e. The van der Waals surface area contributed by atoms with E-state index in [0.29, 0.717) is 0 Å². The Morgan fingerprint density at radius 1 is 1.12 bits per heavy atom. The van der Waals surface area contributed by atoms with Gasteiger partial charge in [-0.3, -0.25) is 0 Å². The van der Waals surface area contributed by atoms with Crippen LogP contribution in [0.2, 0.25) is 18.1 Å². The second-order valence-corrected chi connectivity index (χ2v) is 11.2. The van der Waals surface area contributed by atoms with E-state index < -0.39 is 8.32 Å². The Balaban J connectivity index is 2.95. The molecule has 1 aromatic heterocycles. The summed E-state index contributed by atoms with van der Waals surface area (Å²) in [6, 6.07) is 3.87. The highest BCUT2D eigenvalue weighted by molar-refractivity contribution is 6.74. The zero-order valence-electron chi connectivity index (χ0n) is 12.0. The zero-order chi connectivity index (χ0) is 13.3. The van der Waals surface area contributed by atoms with E-state index in [4.69, 9.17) is 4.43 Å². The number of hydrogen-bond donors (Lipinski definition) is 0. The Morgan fingerprint density at radius 3 is 2.12 bits per heavy atom. The molecule has 0 atom stereocenters. The van der Waals surface area contributed by atoms with E-state index in [0.717, 1.165) is 5.69 Å². The standard InChI is InChI=1S/C13H24N2OSi/c1-12(2,3)17(6,7)16-13(4,5)11-9-8-10-14-15-11/h8-10H,1-7H3. The molecule has 0 aliphatic heterocycles. The van der Waals surface area contributed by atoms with Gasteiger partial charge in [-0.25, -0.2) is 0 Å². The molecule has 17 heavy (non-hydrogen) atoms. The molecule has 0 fully saturated rings. The lowest BCUT2D eigenvalue weighted by Gasteiger charge is -2.42. The fraction of sp³-hybridized carbons (Fsp3) is 0.692. The Kier molecular flexibility index (Phi) is 3.79. The van der Waals surface area contributed by atoms with Crippen LogP contribution in [0.4, 0.5) is 0 Å². The molecule has 0 spiro atoms. The summed E-state index contributed by atoms with van der Waals surface area (Å²) in [4.78, 5) is 0. The van der Waals surface area contributed by atoms with Crippen molar-refractivity contribution in [2.45, 2.75) is 58.4 Å². The molecule has 0 radical (unpaired) electrons. The molecule has 0 bridgehead atoms. The van der Waals surface area contributed by atoms with Gasteiger partial charge in [0.15, 0.2) is 8.32 Å². The van der Waals surface area contributed by atoms with E-state index in [9.17, 15) is 0 Å². The first-order valence-corrected chi connectivity index (χ1v) is 8.95. The number of nitrogens with zero attached hydrogens (tertiary/aromatic N) is 2. The summed E-state index contributed by atoms with van der Waals surface area (Å²) < 4.78 is 6.41. The Bertz CT molecular complexity index is 369. The molecular weight excluding hydrogens is 228 g/mol. The summed E-state index contributed by atoms with van der Waals surface area (Å²) in [6.45, 7) is 15.4. The maximum atomic E-state index is 6.41. The van der Waals surface area contributed by atoms with Crippen LogP contribution in [0.15, 0.2) is 18.3 Å². The summed E-state index contributed by atoms with van der Waals surface area (Å²) in [6.07, 6.45) is 1.69. The van der Waals surface area contributed by atoms with E-state index in [2.05, 4.69) is 57.9 Å². The van der Waals surface area contributed by atoms with Gasteiger partial charge in [-0.2, -0.15) is 10.2 Å². The van der Waals surface area contributed by atoms with E-state index in [1.54, 1.807) is 6.20 Å². The summed E-state index contributed by atoms with van der Waals surface area (Å²) in [5, 5.41) is 8.29. The number of rotatable bonds is 3. The van der Waals surface area contributed by atoms with Gasteiger partial charge >= 0.3 is 0 Å². The molecule has 0 saturated heterocycles. The van der Waals surface area contributed by atoms with Gasteiger partial charge in [0, 0.05) is 6.20 Å². The second kappa shape index (κ2) is 4.50. The molecule has 3 nitrogen and oxygen atoms in total. The topological polar surface area (TPSA) is 35.0 Å². The van der Waals surface area contributed by atoms with Gasteiger partial charge in [0.2, 0.25) is 0 Å². The molecule has 0 unspecified atom stereocenters. The molecule has 4 heteroatoms. The molecule has 1 heterocycles. The second-order valence-electron chi connectivity index (χ2n) is 6.48. The molecule has 0 saturated carbocycles. The molecule has 0 aromatic carbocycles. The van der Waals surface area contributed by atoms with E-state index in [-0.39, 0.29) is 10.6 Å². The Morgan fingerprint density at radius 2 is 1.71 bits per heavy atom. The first kappa shape index (κ1) is 14.3. The molecule has 96 valence electrons. The lowest BCUT2D eigenvalue weighted by atomic mass is 10.1. The third kappa shape index (κ3) is 3.36. The van der Waals surface area contributed by atoms with Crippen LogP contribution in [-0.4, -0.2) is 18.5 Å². The van der Waals surface area contributed by atoms with Crippen molar-refractivity contribution in [2.75, 3.05) is 0 Å². The number of aromatic nitrogens is 2. The lowest BCUT2D eigenvalue weighted by Crippen LogP contribution is -2.46. The zero-order valence-corrected chi connectivity index (χ0v) is 13.0. The van der Waals surface area contributed by atoms with Crippen molar-refractivity contribution in [1.82, 2.24) is 10.2 Å². The fourth-order valence-corrected chi connectivity index (χ4v) is 3.15. The lowest BCUT2D eigenvalue weighted by molar-refractivity contribution is 0.0846. The van der Waals surface area contributed by atoms with Crippen molar-refractivity contribution < 1.29 is 4.43 Å². The van der Waals surface area contributed by atoms with E-state index in [1.165, 1.54) is 0 Å². The molecule has 1 aromatic rings. The van der Waals surface area contributed by atoms with Crippen molar-refractivity contribution in [3.05, 3.63) is 24.0 Å². The third-order valence-electron chi connectivity index (χ3n) is 3.51. The molecule has 0 aliphatic carbocycles. The fourth-order valence-electron chi connectivity index (χ4n) is 1.47. The Hall–Kier alpha value is -0.743. The SMILES string of the molecule is CC(C)(O[Si](C)(C)C(C)(C)C)c1cccnn1. The van der Waals surface area contributed by atoms with E-state index >= 15 is 0 Å². The first-order valence-electron chi connectivity index (χ1n) is 6.05. The predicted molar refractivity (Wildman–Crippen MR) is 73.3 cm³/mol. The van der Waals surface area contributed by atoms with Crippen LogP contribution in [-0.2, 0) is 10.0 Å². The normalized spacial score (nSPS) is 13.8. The maximum absolute atomic E-state index is 6.41. The quantitative estimate of drug-likeness (QED) is 0.769. The van der Waals surface area contributed by atoms with Gasteiger partial charge in [-0.05, 0) is 44.1 Å². The van der Waals surface area contributed by atoms with Crippen LogP contribution in [0.5, 0.6) is 0 Å².